The zero-order chi connectivity index (χ0) is 17.9. The summed E-state index contributed by atoms with van der Waals surface area (Å²) < 4.78 is 5.54. The lowest BCUT2D eigenvalue weighted by Gasteiger charge is -2.15. The van der Waals surface area contributed by atoms with Gasteiger partial charge >= 0.3 is 0 Å². The Morgan fingerprint density at radius 3 is 2.79 bits per heavy atom. The zero-order valence-electron chi connectivity index (χ0n) is 13.8. The molecule has 0 saturated carbocycles. The van der Waals surface area contributed by atoms with E-state index >= 15 is 0 Å². The first-order valence-electron chi connectivity index (χ1n) is 7.81. The molecule has 1 rings (SSSR count). The summed E-state index contributed by atoms with van der Waals surface area (Å²) in [6.07, 6.45) is 3.12. The third kappa shape index (κ3) is 6.55. The van der Waals surface area contributed by atoms with Crippen LogP contribution in [-0.4, -0.2) is 37.3 Å². The van der Waals surface area contributed by atoms with E-state index in [4.69, 9.17) is 21.9 Å². The summed E-state index contributed by atoms with van der Waals surface area (Å²) in [5, 5.41) is 2.68. The summed E-state index contributed by atoms with van der Waals surface area (Å²) in [6, 6.07) is 4.20. The number of nitrogens with two attached hydrogens (primary N) is 3. The molecule has 1 aromatic carbocycles. The van der Waals surface area contributed by atoms with Crippen molar-refractivity contribution in [3.05, 3.63) is 23.8 Å². The lowest BCUT2D eigenvalue weighted by atomic mass is 10.1. The van der Waals surface area contributed by atoms with E-state index < -0.39 is 11.9 Å². The summed E-state index contributed by atoms with van der Waals surface area (Å²) in [5.41, 5.74) is 16.9. The number of hydrogen-bond acceptors (Lipinski definition) is 5. The Balaban J connectivity index is 2.80. The molecule has 0 heterocycles. The van der Waals surface area contributed by atoms with E-state index in [1.165, 1.54) is 6.07 Å². The molecule has 0 aromatic heterocycles. The molecular weight excluding hydrogens is 310 g/mol. The molecule has 0 aliphatic rings. The van der Waals surface area contributed by atoms with Crippen molar-refractivity contribution in [1.29, 1.82) is 0 Å². The van der Waals surface area contributed by atoms with Gasteiger partial charge in [0.1, 0.15) is 18.6 Å². The Morgan fingerprint density at radius 2 is 2.17 bits per heavy atom. The number of nitrogens with one attached hydrogen (secondary N) is 1. The summed E-state index contributed by atoms with van der Waals surface area (Å²) in [6.45, 7) is 2.49. The number of rotatable bonds is 10. The van der Waals surface area contributed by atoms with Gasteiger partial charge in [0.2, 0.25) is 0 Å². The standard InChI is InChI=1S/C16H25N5O3/c1-2-3-4-12(10-22)21-15(23)13-9-11(17)5-6-14(13)24-8-7-20-16(18)19/h5-6,9-10,12H,2-4,7-8,17H2,1H3,(H,21,23)(H4,18,19,20). The SMILES string of the molecule is CCCCC(C=O)NC(=O)c1cc(N)ccc1OCCN=C(N)N. The Bertz CT molecular complexity index is 585. The quantitative estimate of drug-likeness (QED) is 0.160. The monoisotopic (exact) mass is 335 g/mol. The van der Waals surface area contributed by atoms with Crippen molar-refractivity contribution in [2.24, 2.45) is 16.5 Å². The molecule has 132 valence electrons. The van der Waals surface area contributed by atoms with Crippen molar-refractivity contribution in [2.75, 3.05) is 18.9 Å². The van der Waals surface area contributed by atoms with Gasteiger partial charge in [-0.25, -0.2) is 0 Å². The van der Waals surface area contributed by atoms with Crippen molar-refractivity contribution < 1.29 is 14.3 Å². The van der Waals surface area contributed by atoms with E-state index in [9.17, 15) is 9.59 Å². The maximum absolute atomic E-state index is 12.4. The maximum atomic E-state index is 12.4. The van der Waals surface area contributed by atoms with Gasteiger partial charge in [-0.3, -0.25) is 9.79 Å². The fourth-order valence-electron chi connectivity index (χ4n) is 2.03. The van der Waals surface area contributed by atoms with Crippen LogP contribution in [-0.2, 0) is 4.79 Å². The molecule has 0 fully saturated rings. The largest absolute Gasteiger partial charge is 0.491 e. The van der Waals surface area contributed by atoms with Crippen LogP contribution in [0.5, 0.6) is 5.75 Å². The molecule has 1 atom stereocenters. The zero-order valence-corrected chi connectivity index (χ0v) is 13.8. The molecular formula is C16H25N5O3. The first-order valence-corrected chi connectivity index (χ1v) is 7.81. The lowest BCUT2D eigenvalue weighted by molar-refractivity contribution is -0.109. The van der Waals surface area contributed by atoms with Crippen molar-refractivity contribution in [1.82, 2.24) is 5.32 Å². The van der Waals surface area contributed by atoms with Gasteiger partial charge in [-0.05, 0) is 24.6 Å². The van der Waals surface area contributed by atoms with E-state index in [1.54, 1.807) is 12.1 Å². The minimum atomic E-state index is -0.534. The summed E-state index contributed by atoms with van der Waals surface area (Å²) in [7, 11) is 0. The van der Waals surface area contributed by atoms with Crippen molar-refractivity contribution >= 4 is 23.8 Å². The predicted octanol–water partition coefficient (Wildman–Crippen LogP) is 0.409. The number of carbonyl (C=O) groups excluding carboxylic acids is 2. The second kappa shape index (κ2) is 10.1. The summed E-state index contributed by atoms with van der Waals surface area (Å²) in [4.78, 5) is 27.3. The number of unbranched alkanes of at least 4 members (excludes halogenated alkanes) is 1. The first-order chi connectivity index (χ1) is 11.5. The second-order valence-corrected chi connectivity index (χ2v) is 5.27. The van der Waals surface area contributed by atoms with Crippen LogP contribution in [0.15, 0.2) is 23.2 Å². The minimum absolute atomic E-state index is 0.0291. The van der Waals surface area contributed by atoms with Crippen LogP contribution < -0.4 is 27.3 Å². The number of aliphatic imine (C=N–C) groups is 1. The van der Waals surface area contributed by atoms with Crippen LogP contribution in [0.4, 0.5) is 5.69 Å². The highest BCUT2D eigenvalue weighted by molar-refractivity contribution is 5.99. The average Bonchev–Trinajstić information content (AvgIpc) is 2.56. The fourth-order valence-corrected chi connectivity index (χ4v) is 2.03. The fraction of sp³-hybridized carbons (Fsp3) is 0.438. The number of benzene rings is 1. The normalized spacial score (nSPS) is 11.4. The summed E-state index contributed by atoms with van der Waals surface area (Å²) in [5.74, 6) is -0.0846. The first kappa shape index (κ1) is 19.3. The van der Waals surface area contributed by atoms with E-state index in [0.29, 0.717) is 17.9 Å². The van der Waals surface area contributed by atoms with Crippen LogP contribution in [0.3, 0.4) is 0 Å². The molecule has 1 aromatic rings. The average molecular weight is 335 g/mol. The molecule has 7 N–H and O–H groups in total. The highest BCUT2D eigenvalue weighted by Gasteiger charge is 2.17. The smallest absolute Gasteiger partial charge is 0.255 e. The van der Waals surface area contributed by atoms with Crippen LogP contribution in [0.1, 0.15) is 36.5 Å². The predicted molar refractivity (Wildman–Crippen MR) is 93.9 cm³/mol. The van der Waals surface area contributed by atoms with Crippen molar-refractivity contribution in [3.63, 3.8) is 0 Å². The van der Waals surface area contributed by atoms with Crippen LogP contribution in [0, 0.1) is 0 Å². The van der Waals surface area contributed by atoms with Gasteiger partial charge in [0.25, 0.3) is 5.91 Å². The van der Waals surface area contributed by atoms with E-state index in [2.05, 4.69) is 10.3 Å². The topological polar surface area (TPSA) is 146 Å². The van der Waals surface area contributed by atoms with E-state index in [-0.39, 0.29) is 24.7 Å². The molecule has 1 amide bonds. The molecule has 0 spiro atoms. The number of hydrogen-bond donors (Lipinski definition) is 4. The molecule has 24 heavy (non-hydrogen) atoms. The van der Waals surface area contributed by atoms with Gasteiger partial charge in [-0.2, -0.15) is 0 Å². The van der Waals surface area contributed by atoms with Gasteiger partial charge in [-0.1, -0.05) is 19.8 Å². The third-order valence-electron chi connectivity index (χ3n) is 3.24. The number of carbonyl (C=O) groups is 2. The van der Waals surface area contributed by atoms with Gasteiger partial charge in [0.05, 0.1) is 18.2 Å². The Hall–Kier alpha value is -2.77. The Morgan fingerprint density at radius 1 is 1.42 bits per heavy atom. The van der Waals surface area contributed by atoms with E-state index in [1.807, 2.05) is 6.92 Å². The molecule has 8 heteroatoms. The second-order valence-electron chi connectivity index (χ2n) is 5.27. The number of ether oxygens (including phenoxy) is 1. The number of nitrogens with zero attached hydrogens (tertiary/aromatic N) is 1. The number of anilines is 1. The minimum Gasteiger partial charge on any atom is -0.491 e. The van der Waals surface area contributed by atoms with Crippen LogP contribution in [0.25, 0.3) is 0 Å². The molecule has 0 saturated heterocycles. The lowest BCUT2D eigenvalue weighted by Crippen LogP contribution is -2.36. The van der Waals surface area contributed by atoms with Gasteiger partial charge < -0.3 is 32.0 Å². The molecule has 0 aliphatic carbocycles. The number of nitrogen functional groups attached to an aromatic ring is 1. The maximum Gasteiger partial charge on any atom is 0.255 e. The Labute approximate surface area is 141 Å². The van der Waals surface area contributed by atoms with Gasteiger partial charge in [0.15, 0.2) is 5.96 Å². The summed E-state index contributed by atoms with van der Waals surface area (Å²) >= 11 is 0. The van der Waals surface area contributed by atoms with Crippen LogP contribution in [0.2, 0.25) is 0 Å². The van der Waals surface area contributed by atoms with Gasteiger partial charge in [0, 0.05) is 5.69 Å². The Kier molecular flexibility index (Phi) is 8.10. The highest BCUT2D eigenvalue weighted by Crippen LogP contribution is 2.21. The van der Waals surface area contributed by atoms with Crippen molar-refractivity contribution in [2.45, 2.75) is 32.2 Å². The molecule has 8 nitrogen and oxygen atoms in total. The molecule has 0 radical (unpaired) electrons. The number of amides is 1. The van der Waals surface area contributed by atoms with E-state index in [0.717, 1.165) is 19.1 Å². The van der Waals surface area contributed by atoms with Crippen molar-refractivity contribution in [3.8, 4) is 5.75 Å². The third-order valence-corrected chi connectivity index (χ3v) is 3.24. The van der Waals surface area contributed by atoms with Crippen LogP contribution >= 0.6 is 0 Å². The van der Waals surface area contributed by atoms with Gasteiger partial charge in [-0.15, -0.1) is 0 Å². The number of aldehydes is 1. The molecule has 1 unspecified atom stereocenters. The molecule has 0 aliphatic heterocycles. The number of guanidine groups is 1. The molecule has 0 bridgehead atoms. The highest BCUT2D eigenvalue weighted by atomic mass is 16.5.